The summed E-state index contributed by atoms with van der Waals surface area (Å²) in [6.07, 6.45) is -2.50. The van der Waals surface area contributed by atoms with Crippen molar-refractivity contribution in [2.24, 2.45) is 0 Å². The van der Waals surface area contributed by atoms with E-state index in [-0.39, 0.29) is 6.61 Å². The van der Waals surface area contributed by atoms with Crippen LogP contribution in [0.1, 0.15) is 27.0 Å². The molecule has 0 N–H and O–H groups in total. The molecule has 0 aromatic heterocycles. The maximum absolute atomic E-state index is 13.2. The van der Waals surface area contributed by atoms with Crippen molar-refractivity contribution in [2.75, 3.05) is 6.61 Å². The van der Waals surface area contributed by atoms with Gasteiger partial charge in [0.05, 0.1) is 32.0 Å². The molecule has 212 valence electrons. The average molecular weight is 618 g/mol. The first-order valence-electron chi connectivity index (χ1n) is 13.7. The molecule has 5 atom stereocenters. The van der Waals surface area contributed by atoms with Crippen molar-refractivity contribution in [1.29, 1.82) is 0 Å². The fraction of sp³-hybridized carbons (Fsp3) is 0.265. The molecular weight excluding hydrogens is 584 g/mol. The van der Waals surface area contributed by atoms with Crippen molar-refractivity contribution >= 4 is 21.9 Å². The summed E-state index contributed by atoms with van der Waals surface area (Å²) in [7, 11) is 0. The van der Waals surface area contributed by atoms with Crippen LogP contribution >= 0.6 is 15.9 Å². The molecule has 0 bridgehead atoms. The highest BCUT2D eigenvalue weighted by atomic mass is 79.9. The number of halogens is 1. The first-order chi connectivity index (χ1) is 20.2. The van der Waals surface area contributed by atoms with Crippen molar-refractivity contribution in [3.8, 4) is 0 Å². The summed E-state index contributed by atoms with van der Waals surface area (Å²) >= 11 is 3.63. The van der Waals surface area contributed by atoms with Gasteiger partial charge in [-0.15, -0.1) is 0 Å². The Labute approximate surface area is 249 Å². The van der Waals surface area contributed by atoms with Gasteiger partial charge in [-0.25, -0.2) is 4.79 Å². The third kappa shape index (κ3) is 8.35. The van der Waals surface area contributed by atoms with E-state index in [1.165, 1.54) is 0 Å². The summed E-state index contributed by atoms with van der Waals surface area (Å²) in [6.45, 7) is 1.34. The van der Waals surface area contributed by atoms with E-state index < -0.39 is 35.4 Å². The van der Waals surface area contributed by atoms with Crippen molar-refractivity contribution in [2.45, 2.75) is 49.2 Å². The second-order valence-electron chi connectivity index (χ2n) is 9.78. The summed E-state index contributed by atoms with van der Waals surface area (Å²) in [5, 5.41) is -0.641. The molecule has 0 spiro atoms. The number of carbonyl (C=O) groups is 1. The number of benzene rings is 4. The van der Waals surface area contributed by atoms with Crippen LogP contribution in [0.2, 0.25) is 0 Å². The van der Waals surface area contributed by atoms with Crippen molar-refractivity contribution in [3.05, 3.63) is 144 Å². The quantitative estimate of drug-likeness (QED) is 0.130. The number of alkyl halides is 1. The number of rotatable bonds is 12. The Balaban J connectivity index is 1.39. The molecule has 41 heavy (non-hydrogen) atoms. The molecule has 5 rings (SSSR count). The van der Waals surface area contributed by atoms with Crippen LogP contribution in [0.15, 0.2) is 121 Å². The lowest BCUT2D eigenvalue weighted by molar-refractivity contribution is -0.241. The Morgan fingerprint density at radius 1 is 0.610 bits per heavy atom. The summed E-state index contributed by atoms with van der Waals surface area (Å²) < 4.78 is 31.5. The van der Waals surface area contributed by atoms with E-state index in [2.05, 4.69) is 15.9 Å². The minimum absolute atomic E-state index is 0.265. The van der Waals surface area contributed by atoms with E-state index >= 15 is 0 Å². The molecule has 7 heteroatoms. The molecule has 1 aliphatic heterocycles. The molecule has 0 amide bonds. The number of esters is 1. The third-order valence-corrected chi connectivity index (χ3v) is 7.53. The Bertz CT molecular complexity index is 1320. The van der Waals surface area contributed by atoms with Crippen molar-refractivity contribution in [1.82, 2.24) is 0 Å². The molecule has 1 fully saturated rings. The van der Waals surface area contributed by atoms with Crippen LogP contribution in [0, 0.1) is 0 Å². The van der Waals surface area contributed by atoms with E-state index in [1.54, 1.807) is 24.3 Å². The van der Waals surface area contributed by atoms with Gasteiger partial charge < -0.3 is 23.7 Å². The van der Waals surface area contributed by atoms with Crippen LogP contribution in [-0.2, 0) is 43.5 Å². The van der Waals surface area contributed by atoms with E-state index in [9.17, 15) is 4.79 Å². The highest BCUT2D eigenvalue weighted by Gasteiger charge is 2.49. The topological polar surface area (TPSA) is 63.2 Å². The van der Waals surface area contributed by atoms with E-state index in [0.29, 0.717) is 25.4 Å². The predicted octanol–water partition coefficient (Wildman–Crippen LogP) is 6.72. The van der Waals surface area contributed by atoms with Gasteiger partial charge in [-0.1, -0.05) is 125 Å². The average Bonchev–Trinajstić information content (AvgIpc) is 3.02. The van der Waals surface area contributed by atoms with Crippen LogP contribution in [0.4, 0.5) is 0 Å². The highest BCUT2D eigenvalue weighted by molar-refractivity contribution is 9.09. The largest absolute Gasteiger partial charge is 0.452 e. The zero-order valence-corrected chi connectivity index (χ0v) is 24.2. The molecule has 4 aromatic carbocycles. The summed E-state index contributed by atoms with van der Waals surface area (Å²) in [6, 6.07) is 38.7. The summed E-state index contributed by atoms with van der Waals surface area (Å²) in [5.74, 6) is -0.461. The molecular formula is C34H33BrO6. The monoisotopic (exact) mass is 616 g/mol. The zero-order valence-electron chi connectivity index (χ0n) is 22.6. The van der Waals surface area contributed by atoms with Crippen LogP contribution in [0.5, 0.6) is 0 Å². The molecule has 1 heterocycles. The molecule has 1 unspecified atom stereocenters. The third-order valence-electron chi connectivity index (χ3n) is 6.79. The Kier molecular flexibility index (Phi) is 10.7. The Morgan fingerprint density at radius 3 is 1.61 bits per heavy atom. The summed E-state index contributed by atoms with van der Waals surface area (Å²) in [4.78, 5) is 13.2. The Hall–Kier alpha value is -3.33. The molecule has 0 radical (unpaired) electrons. The second kappa shape index (κ2) is 15.1. The van der Waals surface area contributed by atoms with Crippen molar-refractivity contribution in [3.63, 3.8) is 0 Å². The normalized spacial score (nSPS) is 22.2. The standard InChI is InChI=1S/C34H33BrO6/c35-33-32(41-34(36)28-19-11-4-12-20-28)31(39-23-27-17-9-3-10-18-27)30(38-22-26-15-7-2-8-16-26)29(40-33)24-37-21-25-13-5-1-6-14-25/h1-20,29-33H,21-24H2/t29-,30-,31+,32+,33?/m1/s1. The van der Waals surface area contributed by atoms with Gasteiger partial charge in [0, 0.05) is 0 Å². The smallest absolute Gasteiger partial charge is 0.338 e. The van der Waals surface area contributed by atoms with Gasteiger partial charge in [-0.2, -0.15) is 0 Å². The van der Waals surface area contributed by atoms with Gasteiger partial charge in [0.1, 0.15) is 18.3 Å². The maximum Gasteiger partial charge on any atom is 0.338 e. The van der Waals surface area contributed by atoms with Crippen molar-refractivity contribution < 1.29 is 28.5 Å². The second-order valence-corrected chi connectivity index (χ2v) is 10.7. The molecule has 6 nitrogen and oxygen atoms in total. The number of hydrogen-bond acceptors (Lipinski definition) is 6. The predicted molar refractivity (Wildman–Crippen MR) is 159 cm³/mol. The van der Waals surface area contributed by atoms with E-state index in [1.807, 2.05) is 97.1 Å². The molecule has 4 aromatic rings. The van der Waals surface area contributed by atoms with E-state index in [4.69, 9.17) is 23.7 Å². The lowest BCUT2D eigenvalue weighted by Gasteiger charge is -2.44. The molecule has 0 saturated carbocycles. The number of carbonyl (C=O) groups excluding carboxylic acids is 1. The lowest BCUT2D eigenvalue weighted by atomic mass is 9.99. The first kappa shape index (κ1) is 29.2. The van der Waals surface area contributed by atoms with Gasteiger partial charge in [0.2, 0.25) is 0 Å². The van der Waals surface area contributed by atoms with E-state index in [0.717, 1.165) is 16.7 Å². The van der Waals surface area contributed by atoms with Gasteiger partial charge in [0.15, 0.2) is 11.1 Å². The lowest BCUT2D eigenvalue weighted by Crippen LogP contribution is -2.60. The maximum atomic E-state index is 13.2. The minimum atomic E-state index is -0.780. The van der Waals surface area contributed by atoms with Gasteiger partial charge in [0.25, 0.3) is 0 Å². The molecule has 1 saturated heterocycles. The van der Waals surface area contributed by atoms with Gasteiger partial charge >= 0.3 is 5.97 Å². The van der Waals surface area contributed by atoms with Crippen LogP contribution in [-0.4, -0.2) is 42.0 Å². The number of ether oxygens (including phenoxy) is 5. The Morgan fingerprint density at radius 2 is 1.07 bits per heavy atom. The minimum Gasteiger partial charge on any atom is -0.452 e. The van der Waals surface area contributed by atoms with Crippen LogP contribution < -0.4 is 0 Å². The molecule has 0 aliphatic carbocycles. The van der Waals surface area contributed by atoms with Gasteiger partial charge in [-0.3, -0.25) is 0 Å². The number of hydrogen-bond donors (Lipinski definition) is 0. The fourth-order valence-corrected chi connectivity index (χ4v) is 5.37. The highest BCUT2D eigenvalue weighted by Crippen LogP contribution is 2.33. The van der Waals surface area contributed by atoms with Crippen LogP contribution in [0.3, 0.4) is 0 Å². The zero-order chi connectivity index (χ0) is 28.3. The first-order valence-corrected chi connectivity index (χ1v) is 14.6. The SMILES string of the molecule is O=C(O[C@@H]1C(Br)O[C@H](COCc2ccccc2)[C@@H](OCc2ccccc2)[C@@H]1OCc1ccccc1)c1ccccc1. The molecule has 1 aliphatic rings. The summed E-state index contributed by atoms with van der Waals surface area (Å²) in [5.41, 5.74) is 3.52. The van der Waals surface area contributed by atoms with Gasteiger partial charge in [-0.05, 0) is 28.8 Å². The van der Waals surface area contributed by atoms with Crippen LogP contribution in [0.25, 0.3) is 0 Å². The fourth-order valence-electron chi connectivity index (χ4n) is 4.68.